The average molecular weight is 515 g/mol. The molecule has 1 aromatic heterocycles. The number of ether oxygens (including phenoxy) is 2. The lowest BCUT2D eigenvalue weighted by atomic mass is 9.86. The largest absolute Gasteiger partial charge is 0.465 e. The molecule has 2 fully saturated rings. The molecule has 0 N–H and O–H groups in total. The molecule has 200 valence electrons. The van der Waals surface area contributed by atoms with Crippen molar-refractivity contribution in [2.24, 2.45) is 5.41 Å². The molecule has 0 bridgehead atoms. The van der Waals surface area contributed by atoms with E-state index in [1.807, 2.05) is 17.0 Å². The van der Waals surface area contributed by atoms with E-state index in [0.717, 1.165) is 31.2 Å². The van der Waals surface area contributed by atoms with Crippen molar-refractivity contribution in [2.45, 2.75) is 64.8 Å². The van der Waals surface area contributed by atoms with Crippen molar-refractivity contribution < 1.29 is 19.1 Å². The molecule has 2 aromatic carbocycles. The maximum absolute atomic E-state index is 14.2. The fourth-order valence-corrected chi connectivity index (χ4v) is 7.13. The highest BCUT2D eigenvalue weighted by atomic mass is 16.5. The van der Waals surface area contributed by atoms with Crippen molar-refractivity contribution in [3.63, 3.8) is 0 Å². The molecule has 3 aliphatic rings. The maximum Gasteiger partial charge on any atom is 0.337 e. The van der Waals surface area contributed by atoms with Crippen LogP contribution in [0.5, 0.6) is 0 Å². The monoisotopic (exact) mass is 514 g/mol. The minimum Gasteiger partial charge on any atom is -0.465 e. The highest BCUT2D eigenvalue weighted by Crippen LogP contribution is 2.65. The molecular formula is C32H38N2O4. The number of morpholine rings is 1. The van der Waals surface area contributed by atoms with Crippen LogP contribution in [0, 0.1) is 12.3 Å². The van der Waals surface area contributed by atoms with Gasteiger partial charge in [-0.15, -0.1) is 0 Å². The summed E-state index contributed by atoms with van der Waals surface area (Å²) in [5.74, 6) is 0.514. The molecule has 3 aromatic rings. The van der Waals surface area contributed by atoms with Gasteiger partial charge in [0.15, 0.2) is 0 Å². The van der Waals surface area contributed by atoms with Crippen LogP contribution in [0.15, 0.2) is 36.4 Å². The van der Waals surface area contributed by atoms with Crippen LogP contribution in [-0.2, 0) is 20.8 Å². The van der Waals surface area contributed by atoms with Crippen LogP contribution in [0.1, 0.15) is 78.4 Å². The van der Waals surface area contributed by atoms with Crippen LogP contribution in [0.3, 0.4) is 0 Å². The summed E-state index contributed by atoms with van der Waals surface area (Å²) in [6.07, 6.45) is 4.11. The molecule has 1 saturated carbocycles. The average Bonchev–Trinajstić information content (AvgIpc) is 3.62. The highest BCUT2D eigenvalue weighted by molar-refractivity contribution is 6.00. The van der Waals surface area contributed by atoms with Crippen molar-refractivity contribution in [2.75, 3.05) is 33.4 Å². The molecule has 3 heterocycles. The van der Waals surface area contributed by atoms with Gasteiger partial charge in [0, 0.05) is 42.0 Å². The number of hydrogen-bond acceptors (Lipinski definition) is 4. The van der Waals surface area contributed by atoms with Gasteiger partial charge in [0.2, 0.25) is 5.91 Å². The third kappa shape index (κ3) is 3.79. The zero-order valence-electron chi connectivity index (χ0n) is 23.0. The van der Waals surface area contributed by atoms with Crippen LogP contribution in [0.4, 0.5) is 0 Å². The van der Waals surface area contributed by atoms with Crippen molar-refractivity contribution in [1.82, 2.24) is 9.47 Å². The minimum absolute atomic E-state index is 0.200. The van der Waals surface area contributed by atoms with Gasteiger partial charge >= 0.3 is 5.97 Å². The van der Waals surface area contributed by atoms with E-state index < -0.39 is 5.41 Å². The zero-order valence-corrected chi connectivity index (χ0v) is 23.0. The highest BCUT2D eigenvalue weighted by Gasteiger charge is 2.63. The Hall–Kier alpha value is -3.12. The van der Waals surface area contributed by atoms with E-state index in [4.69, 9.17) is 9.47 Å². The number of carbonyl (C=O) groups is 2. The molecular weight excluding hydrogens is 476 g/mol. The summed E-state index contributed by atoms with van der Waals surface area (Å²) in [5, 5.41) is 1.19. The second kappa shape index (κ2) is 9.57. The van der Waals surface area contributed by atoms with E-state index in [9.17, 15) is 9.59 Å². The molecule has 1 saturated heterocycles. The van der Waals surface area contributed by atoms with Crippen molar-refractivity contribution >= 4 is 22.8 Å². The number of nitrogens with zero attached hydrogens (tertiary/aromatic N) is 2. The molecule has 6 rings (SSSR count). The van der Waals surface area contributed by atoms with E-state index in [2.05, 4.69) is 49.6 Å². The van der Waals surface area contributed by atoms with E-state index in [1.165, 1.54) is 40.4 Å². The minimum atomic E-state index is -0.470. The topological polar surface area (TPSA) is 60.8 Å². The number of carbonyl (C=O) groups excluding carboxylic acids is 2. The summed E-state index contributed by atoms with van der Waals surface area (Å²) in [6.45, 7) is 9.79. The molecule has 3 atom stereocenters. The fraction of sp³-hybridized carbons (Fsp3) is 0.500. The van der Waals surface area contributed by atoms with Gasteiger partial charge in [-0.25, -0.2) is 4.79 Å². The summed E-state index contributed by atoms with van der Waals surface area (Å²) in [4.78, 5) is 28.8. The summed E-state index contributed by atoms with van der Waals surface area (Å²) < 4.78 is 13.0. The van der Waals surface area contributed by atoms with Crippen LogP contribution in [0.2, 0.25) is 0 Å². The lowest BCUT2D eigenvalue weighted by Gasteiger charge is -2.31. The summed E-state index contributed by atoms with van der Waals surface area (Å²) in [7, 11) is 1.42. The Morgan fingerprint density at radius 1 is 1.13 bits per heavy atom. The van der Waals surface area contributed by atoms with Gasteiger partial charge in [-0.1, -0.05) is 50.1 Å². The Morgan fingerprint density at radius 3 is 2.63 bits per heavy atom. The molecule has 0 radical (unpaired) electrons. The quantitative estimate of drug-likeness (QED) is 0.376. The smallest absolute Gasteiger partial charge is 0.337 e. The Morgan fingerprint density at radius 2 is 1.92 bits per heavy atom. The third-order valence-electron chi connectivity index (χ3n) is 9.14. The predicted molar refractivity (Wildman–Crippen MR) is 149 cm³/mol. The fourth-order valence-electron chi connectivity index (χ4n) is 7.13. The first-order valence-corrected chi connectivity index (χ1v) is 14.2. The van der Waals surface area contributed by atoms with E-state index in [0.29, 0.717) is 44.3 Å². The number of benzene rings is 2. The maximum atomic E-state index is 14.2. The number of esters is 1. The van der Waals surface area contributed by atoms with E-state index in [1.54, 1.807) is 0 Å². The van der Waals surface area contributed by atoms with Crippen molar-refractivity contribution in [3.05, 3.63) is 58.7 Å². The van der Waals surface area contributed by atoms with Crippen LogP contribution in [0.25, 0.3) is 22.2 Å². The number of methoxy groups -OCH3 is 1. The summed E-state index contributed by atoms with van der Waals surface area (Å²) >= 11 is 0. The van der Waals surface area contributed by atoms with Gasteiger partial charge < -0.3 is 18.9 Å². The second-order valence-corrected chi connectivity index (χ2v) is 11.4. The summed E-state index contributed by atoms with van der Waals surface area (Å²) in [5.41, 5.74) is 7.47. The SMILES string of the molecule is CCCC(CC)c1c2n(c3cc(C(=O)OC)ccc13)CC1(C(=O)N3CCOCC3)CC1c1cc(C)ccc1-2. The van der Waals surface area contributed by atoms with Crippen LogP contribution >= 0.6 is 0 Å². The van der Waals surface area contributed by atoms with Gasteiger partial charge in [-0.3, -0.25) is 4.79 Å². The van der Waals surface area contributed by atoms with Gasteiger partial charge in [-0.2, -0.15) is 0 Å². The van der Waals surface area contributed by atoms with Crippen molar-refractivity contribution in [1.29, 1.82) is 0 Å². The summed E-state index contributed by atoms with van der Waals surface area (Å²) in [6, 6.07) is 12.8. The normalized spacial score (nSPS) is 22.7. The molecule has 6 heteroatoms. The number of aryl methyl sites for hydroxylation is 1. The third-order valence-corrected chi connectivity index (χ3v) is 9.14. The van der Waals surface area contributed by atoms with Crippen LogP contribution < -0.4 is 0 Å². The number of rotatable bonds is 6. The Bertz CT molecular complexity index is 1420. The first-order valence-electron chi connectivity index (χ1n) is 14.2. The zero-order chi connectivity index (χ0) is 26.6. The number of fused-ring (bicyclic) bond motifs is 7. The van der Waals surface area contributed by atoms with Gasteiger partial charge in [0.05, 0.1) is 37.0 Å². The lowest BCUT2D eigenvalue weighted by Crippen LogP contribution is -2.45. The molecule has 1 amide bonds. The predicted octanol–water partition coefficient (Wildman–Crippen LogP) is 6.04. The second-order valence-electron chi connectivity index (χ2n) is 11.4. The van der Waals surface area contributed by atoms with E-state index in [-0.39, 0.29) is 17.8 Å². The first kappa shape index (κ1) is 25.2. The van der Waals surface area contributed by atoms with Gasteiger partial charge in [0.1, 0.15) is 0 Å². The Balaban J connectivity index is 1.63. The molecule has 1 aliphatic carbocycles. The van der Waals surface area contributed by atoms with Gasteiger partial charge in [-0.05, 0) is 55.4 Å². The molecule has 2 aliphatic heterocycles. The molecule has 6 nitrogen and oxygen atoms in total. The molecule has 0 spiro atoms. The lowest BCUT2D eigenvalue weighted by molar-refractivity contribution is -0.141. The van der Waals surface area contributed by atoms with Crippen LogP contribution in [-0.4, -0.2) is 54.8 Å². The number of hydrogen-bond donors (Lipinski definition) is 0. The molecule has 38 heavy (non-hydrogen) atoms. The number of amides is 1. The van der Waals surface area contributed by atoms with E-state index >= 15 is 0 Å². The number of aromatic nitrogens is 1. The van der Waals surface area contributed by atoms with Gasteiger partial charge in [0.25, 0.3) is 0 Å². The molecule has 3 unspecified atom stereocenters. The standard InChI is InChI=1S/C32H38N2O4/c1-5-7-21(6-2)28-24-11-9-22(30(35)37-4)17-27(24)34-19-32(31(36)33-12-14-38-15-13-33)18-26(32)25-16-20(3)8-10-23(25)29(28)34/h8-11,16-17,21,26H,5-7,12-15,18-19H2,1-4H3. The Kier molecular flexibility index (Phi) is 6.34. The first-order chi connectivity index (χ1) is 18.4. The Labute approximate surface area is 224 Å². The van der Waals surface area contributed by atoms with Crippen molar-refractivity contribution in [3.8, 4) is 11.3 Å².